The van der Waals surface area contributed by atoms with Crippen molar-refractivity contribution in [3.05, 3.63) is 77.9 Å². The minimum Gasteiger partial charge on any atom is -0.495 e. The van der Waals surface area contributed by atoms with Crippen LogP contribution in [0.2, 0.25) is 0 Å². The predicted octanol–water partition coefficient (Wildman–Crippen LogP) is 4.20. The molecule has 35 heavy (non-hydrogen) atoms. The van der Waals surface area contributed by atoms with Crippen LogP contribution in [-0.2, 0) is 16.6 Å². The first-order valence-electron chi connectivity index (χ1n) is 11.0. The van der Waals surface area contributed by atoms with Gasteiger partial charge < -0.3 is 19.1 Å². The average molecular weight is 499 g/mol. The summed E-state index contributed by atoms with van der Waals surface area (Å²) < 4.78 is 43.4. The lowest BCUT2D eigenvalue weighted by atomic mass is 10.1. The highest BCUT2D eigenvalue weighted by atomic mass is 32.2. The Kier molecular flexibility index (Phi) is 8.24. The summed E-state index contributed by atoms with van der Waals surface area (Å²) in [5, 5.41) is 0. The number of rotatable bonds is 10. The summed E-state index contributed by atoms with van der Waals surface area (Å²) in [6.07, 6.45) is 0. The number of amides is 1. The lowest BCUT2D eigenvalue weighted by Gasteiger charge is -2.23. The molecule has 0 radical (unpaired) electrons. The fourth-order valence-electron chi connectivity index (χ4n) is 3.66. The van der Waals surface area contributed by atoms with Gasteiger partial charge in [0.2, 0.25) is 0 Å². The van der Waals surface area contributed by atoms with Gasteiger partial charge in [0.05, 0.1) is 31.9 Å². The number of carbonyl (C=O) groups is 1. The van der Waals surface area contributed by atoms with Gasteiger partial charge in [-0.25, -0.2) is 8.42 Å². The monoisotopic (exact) mass is 498 g/mol. The van der Waals surface area contributed by atoms with Crippen molar-refractivity contribution in [1.29, 1.82) is 0 Å². The molecule has 0 fully saturated rings. The van der Waals surface area contributed by atoms with Gasteiger partial charge in [-0.1, -0.05) is 18.2 Å². The second-order valence-electron chi connectivity index (χ2n) is 7.68. The minimum atomic E-state index is -3.85. The van der Waals surface area contributed by atoms with Crippen LogP contribution in [-0.4, -0.2) is 54.1 Å². The zero-order valence-electron chi connectivity index (χ0n) is 20.5. The number of carbonyl (C=O) groups excluding carboxylic acids is 1. The predicted molar refractivity (Wildman–Crippen MR) is 135 cm³/mol. The van der Waals surface area contributed by atoms with Crippen molar-refractivity contribution in [2.24, 2.45) is 0 Å². The highest BCUT2D eigenvalue weighted by molar-refractivity contribution is 7.92. The van der Waals surface area contributed by atoms with E-state index in [0.29, 0.717) is 41.6 Å². The number of ether oxygens (including phenoxy) is 3. The molecule has 0 N–H and O–H groups in total. The van der Waals surface area contributed by atoms with Gasteiger partial charge in [0.25, 0.3) is 15.9 Å². The molecule has 0 aliphatic carbocycles. The Bertz CT molecular complexity index is 1280. The Morgan fingerprint density at radius 2 is 1.46 bits per heavy atom. The summed E-state index contributed by atoms with van der Waals surface area (Å²) in [4.78, 5) is 14.9. The topological polar surface area (TPSA) is 85.4 Å². The third kappa shape index (κ3) is 5.51. The zero-order chi connectivity index (χ0) is 25.6. The summed E-state index contributed by atoms with van der Waals surface area (Å²) in [5.41, 5.74) is 1.70. The third-order valence-electron chi connectivity index (χ3n) is 5.67. The first kappa shape index (κ1) is 25.9. The molecule has 3 rings (SSSR count). The summed E-state index contributed by atoms with van der Waals surface area (Å²) >= 11 is 0. The highest BCUT2D eigenvalue weighted by Crippen LogP contribution is 2.31. The SMILES string of the molecule is CCN(Cc1ccc(OC)c(OC)c1)C(=O)c1ccc(S(=O)(=O)N(C)c2ccccc2OC)cc1. The van der Waals surface area contributed by atoms with E-state index in [2.05, 4.69) is 0 Å². The molecule has 3 aromatic carbocycles. The quantitative estimate of drug-likeness (QED) is 0.417. The van der Waals surface area contributed by atoms with Gasteiger partial charge >= 0.3 is 0 Å². The fraction of sp³-hybridized carbons (Fsp3) is 0.269. The van der Waals surface area contributed by atoms with E-state index >= 15 is 0 Å². The number of para-hydroxylation sites is 2. The molecule has 0 heterocycles. The van der Waals surface area contributed by atoms with Crippen molar-refractivity contribution in [3.8, 4) is 17.2 Å². The smallest absolute Gasteiger partial charge is 0.264 e. The van der Waals surface area contributed by atoms with Gasteiger partial charge in [0, 0.05) is 25.7 Å². The van der Waals surface area contributed by atoms with E-state index in [1.54, 1.807) is 49.5 Å². The molecular formula is C26H30N2O6S. The maximum absolute atomic E-state index is 13.2. The van der Waals surface area contributed by atoms with E-state index in [9.17, 15) is 13.2 Å². The molecule has 0 saturated heterocycles. The molecule has 186 valence electrons. The van der Waals surface area contributed by atoms with Gasteiger partial charge in [0.15, 0.2) is 11.5 Å². The molecule has 8 nitrogen and oxygen atoms in total. The standard InChI is InChI=1S/C26H30N2O6S/c1-6-28(18-19-11-16-24(33-4)25(17-19)34-5)26(29)20-12-14-21(15-13-20)35(30,31)27(2)22-9-7-8-10-23(22)32-3/h7-17H,6,18H2,1-5H3. The molecule has 0 aliphatic heterocycles. The van der Waals surface area contributed by atoms with Crippen LogP contribution in [0.3, 0.4) is 0 Å². The summed E-state index contributed by atoms with van der Waals surface area (Å²) in [7, 11) is 2.23. The van der Waals surface area contributed by atoms with Crippen LogP contribution in [0.1, 0.15) is 22.8 Å². The van der Waals surface area contributed by atoms with Crippen LogP contribution >= 0.6 is 0 Å². The molecule has 1 amide bonds. The number of benzene rings is 3. The van der Waals surface area contributed by atoms with Crippen LogP contribution in [0.5, 0.6) is 17.2 Å². The lowest BCUT2D eigenvalue weighted by molar-refractivity contribution is 0.0752. The van der Waals surface area contributed by atoms with Crippen molar-refractivity contribution in [2.75, 3.05) is 39.2 Å². The Labute approximate surface area is 206 Å². The molecule has 0 bridgehead atoms. The molecule has 0 unspecified atom stereocenters. The van der Waals surface area contributed by atoms with Crippen LogP contribution < -0.4 is 18.5 Å². The van der Waals surface area contributed by atoms with E-state index < -0.39 is 10.0 Å². The Hall–Kier alpha value is -3.72. The number of hydrogen-bond donors (Lipinski definition) is 0. The van der Waals surface area contributed by atoms with Gasteiger partial charge in [-0.05, 0) is 61.0 Å². The van der Waals surface area contributed by atoms with Gasteiger partial charge in [-0.3, -0.25) is 9.10 Å². The van der Waals surface area contributed by atoms with Crippen LogP contribution in [0, 0.1) is 0 Å². The third-order valence-corrected chi connectivity index (χ3v) is 7.46. The maximum atomic E-state index is 13.2. The number of methoxy groups -OCH3 is 3. The van der Waals surface area contributed by atoms with Crippen LogP contribution in [0.4, 0.5) is 5.69 Å². The molecule has 9 heteroatoms. The first-order valence-corrected chi connectivity index (χ1v) is 12.4. The Morgan fingerprint density at radius 3 is 2.06 bits per heavy atom. The summed E-state index contributed by atoms with van der Waals surface area (Å²) in [5.74, 6) is 1.44. The largest absolute Gasteiger partial charge is 0.495 e. The molecule has 0 saturated carbocycles. The van der Waals surface area contributed by atoms with Gasteiger partial charge in [-0.2, -0.15) is 0 Å². The number of sulfonamides is 1. The van der Waals surface area contributed by atoms with E-state index in [1.165, 1.54) is 38.4 Å². The van der Waals surface area contributed by atoms with Crippen molar-refractivity contribution in [2.45, 2.75) is 18.4 Å². The second kappa shape index (κ2) is 11.1. The number of anilines is 1. The van der Waals surface area contributed by atoms with Gasteiger partial charge in [0.1, 0.15) is 5.75 Å². The Morgan fingerprint density at radius 1 is 0.829 bits per heavy atom. The molecular weight excluding hydrogens is 468 g/mol. The summed E-state index contributed by atoms with van der Waals surface area (Å²) in [6.45, 7) is 2.73. The number of hydrogen-bond acceptors (Lipinski definition) is 6. The second-order valence-corrected chi connectivity index (χ2v) is 9.65. The van der Waals surface area contributed by atoms with Crippen molar-refractivity contribution < 1.29 is 27.4 Å². The van der Waals surface area contributed by atoms with Crippen molar-refractivity contribution in [3.63, 3.8) is 0 Å². The van der Waals surface area contributed by atoms with E-state index in [0.717, 1.165) is 9.87 Å². The van der Waals surface area contributed by atoms with Crippen molar-refractivity contribution in [1.82, 2.24) is 4.90 Å². The Balaban J connectivity index is 1.81. The highest BCUT2D eigenvalue weighted by Gasteiger charge is 2.24. The van der Waals surface area contributed by atoms with Gasteiger partial charge in [-0.15, -0.1) is 0 Å². The summed E-state index contributed by atoms with van der Waals surface area (Å²) in [6, 6.07) is 18.3. The molecule has 3 aromatic rings. The van der Waals surface area contributed by atoms with Crippen LogP contribution in [0.25, 0.3) is 0 Å². The molecule has 0 spiro atoms. The molecule has 0 aliphatic rings. The lowest BCUT2D eigenvalue weighted by Crippen LogP contribution is -2.30. The fourth-order valence-corrected chi connectivity index (χ4v) is 4.86. The number of nitrogens with zero attached hydrogens (tertiary/aromatic N) is 2. The average Bonchev–Trinajstić information content (AvgIpc) is 2.90. The molecule has 0 aromatic heterocycles. The van der Waals surface area contributed by atoms with E-state index in [4.69, 9.17) is 14.2 Å². The van der Waals surface area contributed by atoms with E-state index in [1.807, 2.05) is 19.1 Å². The zero-order valence-corrected chi connectivity index (χ0v) is 21.3. The minimum absolute atomic E-state index is 0.0744. The van der Waals surface area contributed by atoms with Crippen LogP contribution in [0.15, 0.2) is 71.6 Å². The molecule has 0 atom stereocenters. The van der Waals surface area contributed by atoms with Crippen molar-refractivity contribution >= 4 is 21.6 Å². The van der Waals surface area contributed by atoms with E-state index in [-0.39, 0.29) is 10.8 Å². The normalized spacial score (nSPS) is 11.0. The first-order chi connectivity index (χ1) is 16.8. The maximum Gasteiger partial charge on any atom is 0.264 e.